The van der Waals surface area contributed by atoms with Crippen LogP contribution in [0.2, 0.25) is 5.02 Å². The van der Waals surface area contributed by atoms with E-state index < -0.39 is 17.9 Å². The number of pyridine rings is 1. The van der Waals surface area contributed by atoms with Gasteiger partial charge in [-0.25, -0.2) is 19.7 Å². The van der Waals surface area contributed by atoms with Gasteiger partial charge in [0.25, 0.3) is 5.91 Å². The van der Waals surface area contributed by atoms with E-state index in [9.17, 15) is 24.4 Å². The number of rotatable bonds is 10. The minimum Gasteiger partial charge on any atom is -0.369 e. The van der Waals surface area contributed by atoms with Gasteiger partial charge in [0.15, 0.2) is 0 Å². The summed E-state index contributed by atoms with van der Waals surface area (Å²) in [6.07, 6.45) is 4.01. The summed E-state index contributed by atoms with van der Waals surface area (Å²) in [6.45, 7) is 6.87. The monoisotopic (exact) mass is 834 g/mol. The lowest BCUT2D eigenvalue weighted by Crippen LogP contribution is -2.50. The number of halogens is 2. The van der Waals surface area contributed by atoms with Crippen molar-refractivity contribution in [3.63, 3.8) is 0 Å². The SMILES string of the molecule is N#Cc1ccc(N2CCc3c(ncnc3Nc3ccc(C(=O)NCC(=O)N4CCC(CN5CCN(c6cccc(N7CCC(=O)NC7=O)c6)CC5)CC4)c(F)n3)C2)cc1Cl. The number of piperidine rings is 1. The van der Waals surface area contributed by atoms with E-state index in [4.69, 9.17) is 11.6 Å². The zero-order chi connectivity index (χ0) is 41.8. The Morgan fingerprint density at radius 3 is 2.43 bits per heavy atom. The number of nitrogens with zero attached hydrogens (tertiary/aromatic N) is 9. The summed E-state index contributed by atoms with van der Waals surface area (Å²) in [5.74, 6) is -1.06. The van der Waals surface area contributed by atoms with Crippen LogP contribution in [0.15, 0.2) is 60.9 Å². The Morgan fingerprint density at radius 2 is 1.68 bits per heavy atom. The molecule has 5 amide bonds. The van der Waals surface area contributed by atoms with E-state index in [-0.39, 0.29) is 36.2 Å². The van der Waals surface area contributed by atoms with E-state index in [1.54, 1.807) is 21.9 Å². The number of benzene rings is 2. The molecule has 4 aromatic rings. The number of hydrogen-bond donors (Lipinski definition) is 3. The lowest BCUT2D eigenvalue weighted by molar-refractivity contribution is -0.131. The highest BCUT2D eigenvalue weighted by Crippen LogP contribution is 2.31. The van der Waals surface area contributed by atoms with Crippen LogP contribution in [0.3, 0.4) is 0 Å². The molecule has 6 heterocycles. The molecule has 0 atom stereocenters. The summed E-state index contributed by atoms with van der Waals surface area (Å²) < 4.78 is 15.2. The van der Waals surface area contributed by atoms with Crippen LogP contribution in [-0.2, 0) is 22.6 Å². The number of carbonyl (C=O) groups is 4. The van der Waals surface area contributed by atoms with E-state index in [0.29, 0.717) is 61.5 Å². The number of carbonyl (C=O) groups excluding carboxylic acids is 4. The van der Waals surface area contributed by atoms with Gasteiger partial charge in [0.05, 0.1) is 34.9 Å². The summed E-state index contributed by atoms with van der Waals surface area (Å²) in [5, 5.41) is 17.6. The highest BCUT2D eigenvalue weighted by Gasteiger charge is 2.29. The molecule has 0 radical (unpaired) electrons. The van der Waals surface area contributed by atoms with Gasteiger partial charge in [-0.2, -0.15) is 9.65 Å². The van der Waals surface area contributed by atoms with Crippen LogP contribution in [0.4, 0.5) is 37.9 Å². The predicted octanol–water partition coefficient (Wildman–Crippen LogP) is 4.08. The van der Waals surface area contributed by atoms with E-state index in [2.05, 4.69) is 51.7 Å². The Bertz CT molecular complexity index is 2340. The zero-order valence-electron chi connectivity index (χ0n) is 32.9. The van der Waals surface area contributed by atoms with Gasteiger partial charge in [0.1, 0.15) is 24.0 Å². The second-order valence-corrected chi connectivity index (χ2v) is 15.7. The number of imide groups is 1. The van der Waals surface area contributed by atoms with Crippen molar-refractivity contribution in [2.45, 2.75) is 32.2 Å². The fraction of sp³-hybridized carbons (Fsp3) is 0.381. The highest BCUT2D eigenvalue weighted by molar-refractivity contribution is 6.32. The lowest BCUT2D eigenvalue weighted by atomic mass is 9.95. The molecule has 18 heteroatoms. The Labute approximate surface area is 351 Å². The molecular weight excluding hydrogens is 791 g/mol. The highest BCUT2D eigenvalue weighted by atomic mass is 35.5. The Kier molecular flexibility index (Phi) is 12.0. The first-order valence-corrected chi connectivity index (χ1v) is 20.4. The Morgan fingerprint density at radius 1 is 0.900 bits per heavy atom. The molecule has 3 fully saturated rings. The van der Waals surface area contributed by atoms with Crippen LogP contribution < -0.4 is 30.7 Å². The molecule has 4 aliphatic heterocycles. The van der Waals surface area contributed by atoms with Crippen LogP contribution in [0.1, 0.15) is 46.4 Å². The molecule has 0 bridgehead atoms. The van der Waals surface area contributed by atoms with Gasteiger partial charge in [-0.05, 0) is 73.7 Å². The van der Waals surface area contributed by atoms with Gasteiger partial charge >= 0.3 is 6.03 Å². The number of piperazine rings is 1. The molecule has 3 saturated heterocycles. The van der Waals surface area contributed by atoms with Crippen molar-refractivity contribution in [3.05, 3.63) is 94.3 Å². The maximum absolute atomic E-state index is 15.2. The zero-order valence-corrected chi connectivity index (χ0v) is 33.6. The minimum atomic E-state index is -0.975. The molecule has 0 saturated carbocycles. The van der Waals surface area contributed by atoms with Crippen LogP contribution >= 0.6 is 11.6 Å². The normalized spacial score (nSPS) is 17.5. The number of aromatic nitrogens is 3. The Hall–Kier alpha value is -6.38. The minimum absolute atomic E-state index is 0.169. The predicted molar refractivity (Wildman–Crippen MR) is 223 cm³/mol. The van der Waals surface area contributed by atoms with Crippen LogP contribution in [0.5, 0.6) is 0 Å². The van der Waals surface area contributed by atoms with Crippen LogP contribution in [0.25, 0.3) is 0 Å². The number of hydrogen-bond acceptors (Lipinski definition) is 12. The van der Waals surface area contributed by atoms with Crippen molar-refractivity contribution in [1.29, 1.82) is 5.26 Å². The fourth-order valence-corrected chi connectivity index (χ4v) is 8.44. The lowest BCUT2D eigenvalue weighted by Gasteiger charge is -2.40. The van der Waals surface area contributed by atoms with Gasteiger partial charge in [-0.3, -0.25) is 29.5 Å². The van der Waals surface area contributed by atoms with Crippen LogP contribution in [-0.4, -0.2) is 114 Å². The topological polar surface area (TPSA) is 183 Å². The second-order valence-electron chi connectivity index (χ2n) is 15.3. The number of nitrogens with one attached hydrogen (secondary N) is 3. The van der Waals surface area contributed by atoms with E-state index in [1.807, 2.05) is 30.3 Å². The molecule has 0 spiro atoms. The van der Waals surface area contributed by atoms with Crippen molar-refractivity contribution in [2.24, 2.45) is 5.92 Å². The van der Waals surface area contributed by atoms with Crippen LogP contribution in [0, 0.1) is 23.2 Å². The van der Waals surface area contributed by atoms with Crippen molar-refractivity contribution in [1.82, 2.24) is 35.4 Å². The number of likely N-dealkylation sites (tertiary alicyclic amines) is 1. The summed E-state index contributed by atoms with van der Waals surface area (Å²) >= 11 is 6.26. The first-order valence-electron chi connectivity index (χ1n) is 20.1. The van der Waals surface area contributed by atoms with Gasteiger partial charge < -0.3 is 25.3 Å². The average molecular weight is 835 g/mol. The van der Waals surface area contributed by atoms with E-state index >= 15 is 4.39 Å². The average Bonchev–Trinajstić information content (AvgIpc) is 3.26. The number of urea groups is 1. The molecule has 3 N–H and O–H groups in total. The molecule has 8 rings (SSSR count). The van der Waals surface area contributed by atoms with Gasteiger partial charge in [0, 0.05) is 87.9 Å². The standard InChI is InChI=1S/C42H44ClFN12O4/c43-34-21-30(5-4-28(34)22-45)55-14-10-32-35(25-55)47-26-48-40(32)50-36-7-6-33(39(44)49-36)41(59)46-23-38(58)54-12-8-27(9-13-54)24-52-16-18-53(19-17-52)29-2-1-3-31(20-29)56-15-11-37(57)51-42(56)60/h1-7,20-21,26-27H,8-19,23-25H2,(H,46,59)(H,51,57,60)(H,47,48,49,50). The summed E-state index contributed by atoms with van der Waals surface area (Å²) in [4.78, 5) is 72.9. The van der Waals surface area contributed by atoms with Gasteiger partial charge in [-0.1, -0.05) is 17.7 Å². The smallest absolute Gasteiger partial charge is 0.328 e. The molecule has 0 unspecified atom stereocenters. The molecule has 16 nitrogen and oxygen atoms in total. The molecule has 0 aliphatic carbocycles. The molecular formula is C42H44ClFN12O4. The number of nitriles is 1. The molecule has 4 aliphatic rings. The number of anilines is 5. The molecule has 2 aromatic heterocycles. The number of amides is 5. The summed E-state index contributed by atoms with van der Waals surface area (Å²) in [5.41, 5.74) is 4.47. The largest absolute Gasteiger partial charge is 0.369 e. The first kappa shape index (κ1) is 40.4. The molecule has 60 heavy (non-hydrogen) atoms. The van der Waals surface area contributed by atoms with E-state index in [1.165, 1.54) is 18.5 Å². The van der Waals surface area contributed by atoms with Crippen molar-refractivity contribution >= 4 is 64.1 Å². The second kappa shape index (κ2) is 17.9. The summed E-state index contributed by atoms with van der Waals surface area (Å²) in [7, 11) is 0. The molecule has 2 aromatic carbocycles. The van der Waals surface area contributed by atoms with Gasteiger partial charge in [0.2, 0.25) is 17.8 Å². The van der Waals surface area contributed by atoms with Gasteiger partial charge in [-0.15, -0.1) is 0 Å². The first-order chi connectivity index (χ1) is 29.1. The van der Waals surface area contributed by atoms with E-state index in [0.717, 1.165) is 73.9 Å². The Balaban J connectivity index is 0.767. The molecule has 310 valence electrons. The quantitative estimate of drug-likeness (QED) is 0.195. The van der Waals surface area contributed by atoms with Crippen molar-refractivity contribution in [3.8, 4) is 6.07 Å². The maximum Gasteiger partial charge on any atom is 0.328 e. The van der Waals surface area contributed by atoms with Crippen molar-refractivity contribution < 1.29 is 23.6 Å². The third-order valence-corrected chi connectivity index (χ3v) is 11.9. The third kappa shape index (κ3) is 9.09. The third-order valence-electron chi connectivity index (χ3n) is 11.6. The summed E-state index contributed by atoms with van der Waals surface area (Å²) in [6, 6.07) is 17.7. The number of fused-ring (bicyclic) bond motifs is 1. The van der Waals surface area contributed by atoms with Crippen molar-refractivity contribution in [2.75, 3.05) is 85.5 Å². The fourth-order valence-electron chi connectivity index (χ4n) is 8.22. The maximum atomic E-state index is 15.2.